The molecule has 2 amide bonds. The summed E-state index contributed by atoms with van der Waals surface area (Å²) in [5, 5.41) is 8.45. The maximum absolute atomic E-state index is 14.4. The summed E-state index contributed by atoms with van der Waals surface area (Å²) < 4.78 is 17.8. The topological polar surface area (TPSA) is 138 Å². The van der Waals surface area contributed by atoms with Crippen LogP contribution >= 0.6 is 0 Å². The minimum absolute atomic E-state index is 0.339. The van der Waals surface area contributed by atoms with Crippen LogP contribution in [0.25, 0.3) is 10.9 Å². The van der Waals surface area contributed by atoms with Gasteiger partial charge in [-0.15, -0.1) is 11.7 Å². The third-order valence-electron chi connectivity index (χ3n) is 7.86. The van der Waals surface area contributed by atoms with Crippen LogP contribution in [0.5, 0.6) is 5.75 Å². The highest BCUT2D eigenvalue weighted by Crippen LogP contribution is 2.62. The Morgan fingerprint density at radius 2 is 1.67 bits per heavy atom. The molecule has 0 aliphatic heterocycles. The molecular weight excluding hydrogens is 612 g/mol. The number of ether oxygens (including phenoxy) is 3. The van der Waals surface area contributed by atoms with Gasteiger partial charge in [0, 0.05) is 17.5 Å². The van der Waals surface area contributed by atoms with Gasteiger partial charge in [-0.3, -0.25) is 9.78 Å². The van der Waals surface area contributed by atoms with Crippen LogP contribution in [0.2, 0.25) is 0 Å². The predicted octanol–water partition coefficient (Wildman–Crippen LogP) is 7.61. The minimum Gasteiger partial charge on any atom is -0.497 e. The fraction of sp³-hybridized carbons (Fsp3) is 0.389. The summed E-state index contributed by atoms with van der Waals surface area (Å²) in [6, 6.07) is 12.2. The van der Waals surface area contributed by atoms with Gasteiger partial charge in [-0.05, 0) is 104 Å². The number of hydrogen-bond donors (Lipinski definition) is 1. The van der Waals surface area contributed by atoms with Gasteiger partial charge >= 0.3 is 12.2 Å². The van der Waals surface area contributed by atoms with Crippen molar-refractivity contribution in [3.63, 3.8) is 0 Å². The van der Waals surface area contributed by atoms with E-state index >= 15 is 0 Å². The molecular formula is C36H42N6O6. The van der Waals surface area contributed by atoms with E-state index < -0.39 is 34.7 Å². The Bertz CT molecular complexity index is 1900. The van der Waals surface area contributed by atoms with Gasteiger partial charge in [0.25, 0.3) is 0 Å². The van der Waals surface area contributed by atoms with Crippen molar-refractivity contribution in [2.75, 3.05) is 17.3 Å². The summed E-state index contributed by atoms with van der Waals surface area (Å²) in [6.45, 7) is 18.2. The zero-order valence-electron chi connectivity index (χ0n) is 28.9. The van der Waals surface area contributed by atoms with E-state index in [2.05, 4.69) is 27.0 Å². The Kier molecular flexibility index (Phi) is 8.81. The number of rotatable bonds is 7. The number of carbonyl (C=O) groups excluding carboxylic acids is 3. The number of carbonyl (C=O) groups is 3. The molecule has 1 fully saturated rings. The number of hydrogen-bond acceptors (Lipinski definition) is 10. The van der Waals surface area contributed by atoms with Crippen molar-refractivity contribution in [3.8, 4) is 5.75 Å². The van der Waals surface area contributed by atoms with Crippen LogP contribution in [-0.2, 0) is 14.3 Å². The number of nitrogens with one attached hydrogen (secondary N) is 1. The maximum Gasteiger partial charge on any atom is 0.435 e. The molecule has 2 aromatic heterocycles. The Hall–Kier alpha value is -5.26. The molecule has 0 saturated heterocycles. The average Bonchev–Trinajstić information content (AvgIpc) is 3.65. The normalized spacial score (nSPS) is 17.4. The second kappa shape index (κ2) is 12.4. The van der Waals surface area contributed by atoms with Gasteiger partial charge in [-0.2, -0.15) is 4.68 Å². The second-order valence-corrected chi connectivity index (χ2v) is 13.9. The van der Waals surface area contributed by atoms with Crippen LogP contribution in [0.1, 0.15) is 70.8 Å². The molecule has 252 valence electrons. The van der Waals surface area contributed by atoms with Crippen LogP contribution in [0, 0.1) is 19.3 Å². The Balaban J connectivity index is 1.55. The number of fused-ring (bicyclic) bond motifs is 1. The zero-order chi connectivity index (χ0) is 35.2. The molecule has 0 spiro atoms. The van der Waals surface area contributed by atoms with Crippen molar-refractivity contribution >= 4 is 46.3 Å². The number of methoxy groups -OCH3 is 1. The molecule has 1 N–H and O–H groups in total. The highest BCUT2D eigenvalue weighted by molar-refractivity contribution is 6.16. The molecule has 0 unspecified atom stereocenters. The Labute approximate surface area is 280 Å². The van der Waals surface area contributed by atoms with Gasteiger partial charge in [0.15, 0.2) is 11.6 Å². The number of aryl methyl sites for hydroxylation is 2. The standard InChI is InChI=1S/C36H42N6O6/c1-11-36(31(43)41(32(44)47-34(4,5)6)24-13-15-25(46-10)16-14-24)19-27(36)23-12-17-26-28(18-23)42(33(45)48-35(7,8)9)40-30(26)39-29-22(3)37-20-21(2)38-29/h11-18,20,27H,1,19H2,2-10H3,(H,38,39,40)/t27-,36+/m0/s1. The van der Waals surface area contributed by atoms with Crippen LogP contribution in [-0.4, -0.2) is 56.2 Å². The lowest BCUT2D eigenvalue weighted by atomic mass is 9.96. The van der Waals surface area contributed by atoms with E-state index in [9.17, 15) is 14.4 Å². The molecule has 1 aliphatic rings. The molecule has 12 nitrogen and oxygen atoms in total. The first kappa shape index (κ1) is 34.1. The molecule has 1 saturated carbocycles. The van der Waals surface area contributed by atoms with Crippen LogP contribution in [0.4, 0.5) is 26.9 Å². The fourth-order valence-corrected chi connectivity index (χ4v) is 5.45. The number of anilines is 3. The summed E-state index contributed by atoms with van der Waals surface area (Å²) in [4.78, 5) is 51.3. The third-order valence-corrected chi connectivity index (χ3v) is 7.86. The number of nitrogens with zero attached hydrogens (tertiary/aromatic N) is 5. The van der Waals surface area contributed by atoms with Gasteiger partial charge in [0.1, 0.15) is 17.0 Å². The monoisotopic (exact) mass is 654 g/mol. The minimum atomic E-state index is -1.11. The van der Waals surface area contributed by atoms with E-state index in [1.807, 2.05) is 32.0 Å². The second-order valence-electron chi connectivity index (χ2n) is 13.9. The predicted molar refractivity (Wildman–Crippen MR) is 183 cm³/mol. The lowest BCUT2D eigenvalue weighted by Gasteiger charge is -2.28. The highest BCUT2D eigenvalue weighted by atomic mass is 16.6. The highest BCUT2D eigenvalue weighted by Gasteiger charge is 2.61. The van der Waals surface area contributed by atoms with Gasteiger partial charge in [-0.25, -0.2) is 19.5 Å². The molecule has 0 bridgehead atoms. The summed E-state index contributed by atoms with van der Waals surface area (Å²) in [6.07, 6.45) is 2.18. The third kappa shape index (κ3) is 6.87. The zero-order valence-corrected chi connectivity index (χ0v) is 28.9. The Morgan fingerprint density at radius 1 is 1.00 bits per heavy atom. The van der Waals surface area contributed by atoms with Crippen LogP contribution < -0.4 is 15.0 Å². The first-order valence-electron chi connectivity index (χ1n) is 15.6. The van der Waals surface area contributed by atoms with Gasteiger partial charge in [-0.1, -0.05) is 12.1 Å². The van der Waals surface area contributed by atoms with E-state index in [0.29, 0.717) is 46.1 Å². The molecule has 12 heteroatoms. The summed E-state index contributed by atoms with van der Waals surface area (Å²) in [5.74, 6) is 0.653. The smallest absolute Gasteiger partial charge is 0.435 e. The molecule has 1 aliphatic carbocycles. The van der Waals surface area contributed by atoms with E-state index in [4.69, 9.17) is 14.2 Å². The molecule has 2 aromatic carbocycles. The van der Waals surface area contributed by atoms with Crippen molar-refractivity contribution in [1.29, 1.82) is 0 Å². The molecule has 48 heavy (non-hydrogen) atoms. The molecule has 4 aromatic rings. The van der Waals surface area contributed by atoms with E-state index in [-0.39, 0.29) is 5.92 Å². The van der Waals surface area contributed by atoms with Gasteiger partial charge in [0.05, 0.1) is 35.1 Å². The molecule has 5 rings (SSSR count). The van der Waals surface area contributed by atoms with E-state index in [0.717, 1.165) is 16.2 Å². The number of benzene rings is 2. The van der Waals surface area contributed by atoms with Crippen molar-refractivity contribution in [2.24, 2.45) is 5.41 Å². The SMILES string of the molecule is C=C[C@@]1(C(=O)N(C(=O)OC(C)(C)C)c2ccc(OC)cc2)C[C@H]1c1ccc2c(Nc3nc(C)cnc3C)nn(C(=O)OC(C)(C)C)c2c1. The lowest BCUT2D eigenvalue weighted by molar-refractivity contribution is -0.122. The first-order chi connectivity index (χ1) is 22.5. The number of amides is 2. The van der Waals surface area contributed by atoms with Crippen molar-refractivity contribution in [3.05, 3.63) is 78.3 Å². The number of aromatic nitrogens is 4. The number of imide groups is 1. The quantitative estimate of drug-likeness (QED) is 0.198. The van der Waals surface area contributed by atoms with Gasteiger partial charge in [0.2, 0.25) is 5.91 Å². The largest absolute Gasteiger partial charge is 0.497 e. The van der Waals surface area contributed by atoms with Crippen LogP contribution in [0.3, 0.4) is 0 Å². The summed E-state index contributed by atoms with van der Waals surface area (Å²) in [7, 11) is 1.54. The van der Waals surface area contributed by atoms with Crippen molar-refractivity contribution in [2.45, 2.75) is 78.9 Å². The first-order valence-corrected chi connectivity index (χ1v) is 15.6. The van der Waals surface area contributed by atoms with Crippen molar-refractivity contribution < 1.29 is 28.6 Å². The van der Waals surface area contributed by atoms with Crippen LogP contribution in [0.15, 0.2) is 61.3 Å². The fourth-order valence-electron chi connectivity index (χ4n) is 5.45. The maximum atomic E-state index is 14.4. The molecule has 2 heterocycles. The summed E-state index contributed by atoms with van der Waals surface area (Å²) in [5.41, 5.74) is 0.225. The lowest BCUT2D eigenvalue weighted by Crippen LogP contribution is -2.44. The van der Waals surface area contributed by atoms with E-state index in [1.54, 1.807) is 78.1 Å². The van der Waals surface area contributed by atoms with Crippen molar-refractivity contribution in [1.82, 2.24) is 19.7 Å². The molecule has 0 radical (unpaired) electrons. The molecule has 2 atom stereocenters. The Morgan fingerprint density at radius 3 is 2.27 bits per heavy atom. The van der Waals surface area contributed by atoms with Gasteiger partial charge < -0.3 is 19.5 Å². The van der Waals surface area contributed by atoms with E-state index in [1.165, 1.54) is 11.8 Å². The average molecular weight is 655 g/mol. The summed E-state index contributed by atoms with van der Waals surface area (Å²) >= 11 is 0.